The zero-order valence-corrected chi connectivity index (χ0v) is 14.0. The van der Waals surface area contributed by atoms with Gasteiger partial charge in [-0.1, -0.05) is 30.0 Å². The molecule has 0 unspecified atom stereocenters. The predicted molar refractivity (Wildman–Crippen MR) is 90.5 cm³/mol. The minimum atomic E-state index is -0.300. The van der Waals surface area contributed by atoms with Crippen molar-refractivity contribution in [3.05, 3.63) is 64.6 Å². The summed E-state index contributed by atoms with van der Waals surface area (Å²) >= 11 is 1.32. The second-order valence-corrected chi connectivity index (χ2v) is 6.12. The summed E-state index contributed by atoms with van der Waals surface area (Å²) in [6, 6.07) is 12.9. The van der Waals surface area contributed by atoms with Crippen LogP contribution in [0.15, 0.2) is 61.2 Å². The van der Waals surface area contributed by atoms with Gasteiger partial charge in [-0.25, -0.2) is 14.5 Å². The maximum atomic E-state index is 12.0. The average Bonchev–Trinajstić information content (AvgIpc) is 3.34. The van der Waals surface area contributed by atoms with Crippen LogP contribution in [-0.2, 0) is 5.75 Å². The van der Waals surface area contributed by atoms with Crippen LogP contribution < -0.4 is 5.69 Å². The first-order valence-corrected chi connectivity index (χ1v) is 8.44. The molecule has 25 heavy (non-hydrogen) atoms. The van der Waals surface area contributed by atoms with Gasteiger partial charge in [-0.05, 0) is 31.2 Å². The van der Waals surface area contributed by atoms with Crippen molar-refractivity contribution in [2.75, 3.05) is 0 Å². The molecule has 0 aliphatic carbocycles. The second-order valence-electron chi connectivity index (χ2n) is 5.18. The fourth-order valence-corrected chi connectivity index (χ4v) is 3.07. The fraction of sp³-hybridized carbons (Fsp3) is 0.125. The molecule has 4 aromatic rings. The lowest BCUT2D eigenvalue weighted by Crippen LogP contribution is -2.15. The molecule has 0 saturated carbocycles. The third-order valence-corrected chi connectivity index (χ3v) is 4.32. The maximum Gasteiger partial charge on any atom is 0.348 e. The normalized spacial score (nSPS) is 11.1. The van der Waals surface area contributed by atoms with Crippen molar-refractivity contribution < 1.29 is 8.83 Å². The van der Waals surface area contributed by atoms with Gasteiger partial charge < -0.3 is 8.83 Å². The summed E-state index contributed by atoms with van der Waals surface area (Å²) in [5, 5.41) is 15.0. The first-order chi connectivity index (χ1) is 12.2. The van der Waals surface area contributed by atoms with E-state index in [4.69, 9.17) is 8.83 Å². The zero-order chi connectivity index (χ0) is 17.2. The van der Waals surface area contributed by atoms with Gasteiger partial charge in [0.05, 0.1) is 11.4 Å². The van der Waals surface area contributed by atoms with Crippen LogP contribution in [0.4, 0.5) is 0 Å². The van der Waals surface area contributed by atoms with Gasteiger partial charge in [0.2, 0.25) is 5.89 Å². The topological polar surface area (TPSA) is 103 Å². The molecule has 3 heterocycles. The highest BCUT2D eigenvalue weighted by atomic mass is 32.2. The van der Waals surface area contributed by atoms with E-state index in [1.165, 1.54) is 16.3 Å². The van der Waals surface area contributed by atoms with E-state index in [-0.39, 0.29) is 5.69 Å². The molecule has 1 aromatic carbocycles. The molecule has 0 spiro atoms. The molecular weight excluding hydrogens is 342 g/mol. The Labute approximate surface area is 145 Å². The highest BCUT2D eigenvalue weighted by Gasteiger charge is 2.15. The number of H-pyrrole nitrogens is 1. The number of hydrogen-bond donors (Lipinski definition) is 1. The summed E-state index contributed by atoms with van der Waals surface area (Å²) in [5.74, 6) is 2.43. The number of thioether (sulfide) groups is 1. The number of hydrogen-bond acceptors (Lipinski definition) is 7. The molecule has 8 nitrogen and oxygen atoms in total. The molecule has 3 aromatic heterocycles. The molecule has 0 aliphatic heterocycles. The standard InChI is InChI=1S/C16H13N5O3S/c1-10-7-8-12(23-10)14-18-17-13(24-14)9-25-16-20-19-15(22)21(16)11-5-3-2-4-6-11/h2-8H,9H2,1H3,(H,19,22). The van der Waals surface area contributed by atoms with Crippen molar-refractivity contribution in [2.24, 2.45) is 0 Å². The Morgan fingerprint density at radius 2 is 1.96 bits per heavy atom. The van der Waals surface area contributed by atoms with Crippen molar-refractivity contribution in [2.45, 2.75) is 17.8 Å². The number of para-hydroxylation sites is 1. The van der Waals surface area contributed by atoms with Gasteiger partial charge in [0, 0.05) is 0 Å². The molecule has 0 radical (unpaired) electrons. The SMILES string of the molecule is Cc1ccc(-c2nnc(CSc3n[nH]c(=O)n3-c3ccccc3)o2)o1. The van der Waals surface area contributed by atoms with Crippen molar-refractivity contribution in [3.8, 4) is 17.3 Å². The quantitative estimate of drug-likeness (QED) is 0.549. The van der Waals surface area contributed by atoms with Crippen LogP contribution in [0.25, 0.3) is 17.3 Å². The first-order valence-electron chi connectivity index (χ1n) is 7.45. The summed E-state index contributed by atoms with van der Waals surface area (Å²) in [4.78, 5) is 12.0. The molecule has 0 bridgehead atoms. The van der Waals surface area contributed by atoms with E-state index in [0.717, 1.165) is 11.4 Å². The van der Waals surface area contributed by atoms with Crippen molar-refractivity contribution in [1.29, 1.82) is 0 Å². The summed E-state index contributed by atoms with van der Waals surface area (Å²) in [6.45, 7) is 1.84. The summed E-state index contributed by atoms with van der Waals surface area (Å²) in [6.07, 6.45) is 0. The maximum absolute atomic E-state index is 12.0. The van der Waals surface area contributed by atoms with Crippen molar-refractivity contribution >= 4 is 11.8 Å². The van der Waals surface area contributed by atoms with Crippen LogP contribution >= 0.6 is 11.8 Å². The molecule has 4 rings (SSSR count). The molecule has 9 heteroatoms. The zero-order valence-electron chi connectivity index (χ0n) is 13.2. The summed E-state index contributed by atoms with van der Waals surface area (Å²) in [5.41, 5.74) is 0.437. The molecule has 0 saturated heterocycles. The minimum Gasteiger partial charge on any atom is -0.456 e. The molecule has 0 amide bonds. The van der Waals surface area contributed by atoms with E-state index in [1.807, 2.05) is 43.3 Å². The van der Waals surface area contributed by atoms with E-state index < -0.39 is 0 Å². The van der Waals surface area contributed by atoms with Crippen LogP contribution in [0, 0.1) is 6.92 Å². The predicted octanol–water partition coefficient (Wildman–Crippen LogP) is 2.80. The second kappa shape index (κ2) is 6.44. The van der Waals surface area contributed by atoms with Crippen molar-refractivity contribution in [3.63, 3.8) is 0 Å². The molecule has 0 atom stereocenters. The van der Waals surface area contributed by atoms with Gasteiger partial charge in [-0.2, -0.15) is 0 Å². The van der Waals surface area contributed by atoms with Crippen LogP contribution in [0.3, 0.4) is 0 Å². The third kappa shape index (κ3) is 3.13. The van der Waals surface area contributed by atoms with Crippen LogP contribution in [0.1, 0.15) is 11.7 Å². The number of furan rings is 1. The monoisotopic (exact) mass is 355 g/mol. The van der Waals surface area contributed by atoms with E-state index >= 15 is 0 Å². The van der Waals surface area contributed by atoms with Gasteiger partial charge in [-0.3, -0.25) is 0 Å². The average molecular weight is 355 g/mol. The first kappa shape index (κ1) is 15.5. The lowest BCUT2D eigenvalue weighted by atomic mass is 10.3. The van der Waals surface area contributed by atoms with Crippen LogP contribution in [-0.4, -0.2) is 25.0 Å². The summed E-state index contributed by atoms with van der Waals surface area (Å²) < 4.78 is 12.6. The summed E-state index contributed by atoms with van der Waals surface area (Å²) in [7, 11) is 0. The Kier molecular flexibility index (Phi) is 3.98. The Morgan fingerprint density at radius 1 is 1.12 bits per heavy atom. The Balaban J connectivity index is 1.53. The molecule has 1 N–H and O–H groups in total. The fourth-order valence-electron chi connectivity index (χ4n) is 2.27. The van der Waals surface area contributed by atoms with Gasteiger partial charge >= 0.3 is 5.69 Å². The van der Waals surface area contributed by atoms with E-state index in [0.29, 0.717) is 28.5 Å². The van der Waals surface area contributed by atoms with E-state index in [9.17, 15) is 4.79 Å². The largest absolute Gasteiger partial charge is 0.456 e. The Hall–Kier alpha value is -3.07. The highest BCUT2D eigenvalue weighted by molar-refractivity contribution is 7.98. The number of nitrogens with zero attached hydrogens (tertiary/aromatic N) is 4. The number of rotatable bonds is 5. The van der Waals surface area contributed by atoms with Crippen LogP contribution in [0.2, 0.25) is 0 Å². The van der Waals surface area contributed by atoms with Gasteiger partial charge in [0.25, 0.3) is 5.89 Å². The molecule has 126 valence electrons. The molecular formula is C16H13N5O3S. The highest BCUT2D eigenvalue weighted by Crippen LogP contribution is 2.25. The number of benzene rings is 1. The number of aromatic nitrogens is 5. The van der Waals surface area contributed by atoms with E-state index in [2.05, 4.69) is 20.4 Å². The molecule has 0 fully saturated rings. The van der Waals surface area contributed by atoms with E-state index in [1.54, 1.807) is 6.07 Å². The van der Waals surface area contributed by atoms with Gasteiger partial charge in [-0.15, -0.1) is 15.3 Å². The molecule has 0 aliphatic rings. The smallest absolute Gasteiger partial charge is 0.348 e. The Bertz CT molecular complexity index is 1050. The van der Waals surface area contributed by atoms with Gasteiger partial charge in [0.15, 0.2) is 10.9 Å². The number of aryl methyl sites for hydroxylation is 1. The minimum absolute atomic E-state index is 0.300. The third-order valence-electron chi connectivity index (χ3n) is 3.40. The lowest BCUT2D eigenvalue weighted by Gasteiger charge is -2.03. The van der Waals surface area contributed by atoms with Gasteiger partial charge in [0.1, 0.15) is 5.76 Å². The number of aromatic amines is 1. The number of nitrogens with one attached hydrogen (secondary N) is 1. The van der Waals surface area contributed by atoms with Crippen molar-refractivity contribution in [1.82, 2.24) is 25.0 Å². The lowest BCUT2D eigenvalue weighted by molar-refractivity contribution is 0.484. The van der Waals surface area contributed by atoms with Crippen LogP contribution in [0.5, 0.6) is 0 Å². The Morgan fingerprint density at radius 3 is 2.72 bits per heavy atom.